The fraction of sp³-hybridized carbons (Fsp3) is 0.654. The first-order chi connectivity index (χ1) is 16.5. The molecule has 2 rings (SSSR count). The maximum Gasteiger partial charge on any atom is 0.306 e. The third kappa shape index (κ3) is 9.85. The van der Waals surface area contributed by atoms with Gasteiger partial charge < -0.3 is 29.4 Å². The fourth-order valence-corrected chi connectivity index (χ4v) is 3.36. The first-order valence-electron chi connectivity index (χ1n) is 12.2. The third-order valence-corrected chi connectivity index (χ3v) is 5.08. The maximum absolute atomic E-state index is 13.2. The van der Waals surface area contributed by atoms with Gasteiger partial charge in [0.1, 0.15) is 18.0 Å². The minimum Gasteiger partial charge on any atom is -0.494 e. The summed E-state index contributed by atoms with van der Waals surface area (Å²) in [6.07, 6.45) is 1.56. The van der Waals surface area contributed by atoms with Gasteiger partial charge in [0.15, 0.2) is 5.54 Å². The lowest BCUT2D eigenvalue weighted by Gasteiger charge is -2.24. The van der Waals surface area contributed by atoms with Crippen molar-refractivity contribution in [3.05, 3.63) is 29.8 Å². The summed E-state index contributed by atoms with van der Waals surface area (Å²) in [5, 5.41) is 11.8. The van der Waals surface area contributed by atoms with Gasteiger partial charge in [-0.1, -0.05) is 0 Å². The molecule has 0 aliphatic carbocycles. The average molecular weight is 493 g/mol. The van der Waals surface area contributed by atoms with Crippen LogP contribution < -0.4 is 10.1 Å². The van der Waals surface area contributed by atoms with Gasteiger partial charge in [0.2, 0.25) is 5.90 Å². The topological polar surface area (TPSA) is 116 Å². The lowest BCUT2D eigenvalue weighted by molar-refractivity contribution is -0.155. The monoisotopic (exact) mass is 492 g/mol. The molecule has 9 heteroatoms. The molecule has 1 atom stereocenters. The van der Waals surface area contributed by atoms with Gasteiger partial charge in [-0.2, -0.15) is 0 Å². The van der Waals surface area contributed by atoms with Crippen LogP contribution in [0.3, 0.4) is 0 Å². The summed E-state index contributed by atoms with van der Waals surface area (Å²) in [5.74, 6) is 0.334. The first kappa shape index (κ1) is 28.6. The standard InChI is InChI=1S/C26H40N2O7/c1-19(2)32-16-6-14-27-24(31)26(13-12-22(30)35-25(3,4)5)18-34-23(28-26)20-8-10-21(11-9-20)33-17-7-15-29/h8-11,19,29H,6-7,12-18H2,1-5H3,(H,27,31)/t26-/m1/s1. The van der Waals surface area contributed by atoms with Crippen LogP contribution in [0.25, 0.3) is 0 Å². The second kappa shape index (κ2) is 13.4. The molecule has 35 heavy (non-hydrogen) atoms. The van der Waals surface area contributed by atoms with Crippen LogP contribution in [0.15, 0.2) is 29.3 Å². The fourth-order valence-electron chi connectivity index (χ4n) is 3.36. The predicted molar refractivity (Wildman–Crippen MR) is 133 cm³/mol. The molecule has 1 aliphatic heterocycles. The number of ether oxygens (including phenoxy) is 4. The van der Waals surface area contributed by atoms with Gasteiger partial charge in [0.05, 0.1) is 12.7 Å². The van der Waals surface area contributed by atoms with E-state index < -0.39 is 11.1 Å². The quantitative estimate of drug-likeness (QED) is 0.303. The molecule has 1 aromatic carbocycles. The van der Waals surface area contributed by atoms with Gasteiger partial charge in [0, 0.05) is 38.2 Å². The number of carbonyl (C=O) groups excluding carboxylic acids is 2. The van der Waals surface area contributed by atoms with Crippen molar-refractivity contribution in [1.82, 2.24) is 5.32 Å². The van der Waals surface area contributed by atoms with Gasteiger partial charge in [-0.25, -0.2) is 4.99 Å². The summed E-state index contributed by atoms with van der Waals surface area (Å²) < 4.78 is 22.3. The van der Waals surface area contributed by atoms with Gasteiger partial charge in [0.25, 0.3) is 5.91 Å². The first-order valence-corrected chi connectivity index (χ1v) is 12.2. The molecule has 0 spiro atoms. The number of carbonyl (C=O) groups is 2. The Morgan fingerprint density at radius 2 is 1.89 bits per heavy atom. The van der Waals surface area contributed by atoms with Crippen molar-refractivity contribution in [3.63, 3.8) is 0 Å². The highest BCUT2D eigenvalue weighted by Crippen LogP contribution is 2.28. The second-order valence-corrected chi connectivity index (χ2v) is 9.80. The van der Waals surface area contributed by atoms with Crippen LogP contribution in [-0.2, 0) is 23.8 Å². The molecule has 0 saturated heterocycles. The molecule has 0 radical (unpaired) electrons. The van der Waals surface area contributed by atoms with Crippen LogP contribution in [0.5, 0.6) is 5.75 Å². The van der Waals surface area contributed by atoms with Crippen LogP contribution >= 0.6 is 0 Å². The summed E-state index contributed by atoms with van der Waals surface area (Å²) in [6, 6.07) is 7.18. The Hall–Kier alpha value is -2.65. The van der Waals surface area contributed by atoms with E-state index in [2.05, 4.69) is 10.3 Å². The zero-order valence-electron chi connectivity index (χ0n) is 21.6. The van der Waals surface area contributed by atoms with E-state index in [-0.39, 0.29) is 44.0 Å². The lowest BCUT2D eigenvalue weighted by Crippen LogP contribution is -2.47. The van der Waals surface area contributed by atoms with Crippen LogP contribution in [0.2, 0.25) is 0 Å². The van der Waals surface area contributed by atoms with Crippen LogP contribution in [0.4, 0.5) is 0 Å². The molecule has 1 aliphatic rings. The number of nitrogens with zero attached hydrogens (tertiary/aromatic N) is 1. The Balaban J connectivity index is 2.11. The van der Waals surface area contributed by atoms with E-state index in [9.17, 15) is 9.59 Å². The second-order valence-electron chi connectivity index (χ2n) is 9.80. The molecule has 0 bridgehead atoms. The molecule has 1 aromatic rings. The SMILES string of the molecule is CC(C)OCCCNC(=O)[C@@]1(CCC(=O)OC(C)(C)C)COC(c2ccc(OCCCO)cc2)=N1. The lowest BCUT2D eigenvalue weighted by atomic mass is 9.94. The minimum atomic E-state index is -1.22. The van der Waals surface area contributed by atoms with Gasteiger partial charge >= 0.3 is 5.97 Å². The van der Waals surface area contributed by atoms with Gasteiger partial charge in [-0.05, 0) is 71.7 Å². The molecular formula is C26H40N2O7. The Morgan fingerprint density at radius 3 is 2.51 bits per heavy atom. The Bertz CT molecular complexity index is 846. The molecule has 2 N–H and O–H groups in total. The van der Waals surface area contributed by atoms with Gasteiger partial charge in [-0.3, -0.25) is 9.59 Å². The van der Waals surface area contributed by atoms with Crippen molar-refractivity contribution in [1.29, 1.82) is 0 Å². The van der Waals surface area contributed by atoms with Crippen LogP contribution in [0, 0.1) is 0 Å². The number of aliphatic hydroxyl groups is 1. The normalized spacial score (nSPS) is 17.6. The van der Waals surface area contributed by atoms with Gasteiger partial charge in [-0.15, -0.1) is 0 Å². The average Bonchev–Trinajstić information content (AvgIpc) is 3.22. The van der Waals surface area contributed by atoms with E-state index in [1.807, 2.05) is 13.8 Å². The molecular weight excluding hydrogens is 452 g/mol. The number of aliphatic imine (C=N–C) groups is 1. The smallest absolute Gasteiger partial charge is 0.306 e. The van der Waals surface area contributed by atoms with Crippen LogP contribution in [0.1, 0.15) is 65.9 Å². The molecule has 196 valence electrons. The van der Waals surface area contributed by atoms with Crippen molar-refractivity contribution in [2.24, 2.45) is 4.99 Å². The van der Waals surface area contributed by atoms with Crippen molar-refractivity contribution in [3.8, 4) is 5.75 Å². The number of amides is 1. The zero-order chi connectivity index (χ0) is 25.9. The summed E-state index contributed by atoms with van der Waals surface area (Å²) >= 11 is 0. The van der Waals surface area contributed by atoms with E-state index in [1.54, 1.807) is 45.0 Å². The predicted octanol–water partition coefficient (Wildman–Crippen LogP) is 3.02. The summed E-state index contributed by atoms with van der Waals surface area (Å²) in [4.78, 5) is 30.2. The molecule has 0 saturated carbocycles. The van der Waals surface area contributed by atoms with Crippen molar-refractivity contribution in [2.45, 2.75) is 77.5 Å². The molecule has 0 unspecified atom stereocenters. The van der Waals surface area contributed by atoms with E-state index in [1.165, 1.54) is 0 Å². The van der Waals surface area contributed by atoms with E-state index in [0.717, 1.165) is 0 Å². The number of benzene rings is 1. The highest BCUT2D eigenvalue weighted by atomic mass is 16.6. The van der Waals surface area contributed by atoms with Crippen LogP contribution in [-0.4, -0.2) is 73.1 Å². The summed E-state index contributed by atoms with van der Waals surface area (Å²) in [6.45, 7) is 10.8. The number of esters is 1. The Morgan fingerprint density at radius 1 is 1.17 bits per heavy atom. The highest BCUT2D eigenvalue weighted by molar-refractivity contribution is 6.00. The summed E-state index contributed by atoms with van der Waals surface area (Å²) in [5.41, 5.74) is -1.12. The van der Waals surface area contributed by atoms with E-state index >= 15 is 0 Å². The highest BCUT2D eigenvalue weighted by Gasteiger charge is 2.44. The number of aliphatic hydroxyl groups excluding tert-OH is 1. The van der Waals surface area contributed by atoms with Crippen molar-refractivity contribution in [2.75, 3.05) is 33.0 Å². The number of hydrogen-bond donors (Lipinski definition) is 2. The number of hydrogen-bond acceptors (Lipinski definition) is 8. The number of rotatable bonds is 14. The summed E-state index contributed by atoms with van der Waals surface area (Å²) in [7, 11) is 0. The number of nitrogens with one attached hydrogen (secondary N) is 1. The molecule has 0 fully saturated rings. The molecule has 1 heterocycles. The molecule has 0 aromatic heterocycles. The van der Waals surface area contributed by atoms with Crippen molar-refractivity contribution < 1.29 is 33.6 Å². The Kier molecular flexibility index (Phi) is 11.0. The maximum atomic E-state index is 13.2. The molecule has 1 amide bonds. The van der Waals surface area contributed by atoms with E-state index in [4.69, 9.17) is 24.1 Å². The zero-order valence-corrected chi connectivity index (χ0v) is 21.6. The third-order valence-electron chi connectivity index (χ3n) is 5.08. The minimum absolute atomic E-state index is 0.0359. The molecule has 9 nitrogen and oxygen atoms in total. The Labute approximate surface area is 208 Å². The largest absolute Gasteiger partial charge is 0.494 e. The van der Waals surface area contributed by atoms with E-state index in [0.29, 0.717) is 49.8 Å². The van der Waals surface area contributed by atoms with Crippen molar-refractivity contribution >= 4 is 17.8 Å².